The van der Waals surface area contributed by atoms with Crippen LogP contribution in [0.4, 0.5) is 18.9 Å². The van der Waals surface area contributed by atoms with Crippen molar-refractivity contribution in [3.8, 4) is 0 Å². The van der Waals surface area contributed by atoms with Crippen molar-refractivity contribution in [2.45, 2.75) is 26.6 Å². The Morgan fingerprint density at radius 2 is 2.00 bits per heavy atom. The molecule has 0 aliphatic carbocycles. The molecule has 0 radical (unpaired) electrons. The van der Waals surface area contributed by atoms with Crippen LogP contribution in [0.25, 0.3) is 10.2 Å². The second-order valence-corrected chi connectivity index (χ2v) is 6.67. The third kappa shape index (κ3) is 3.32. The van der Waals surface area contributed by atoms with Crippen molar-refractivity contribution in [1.82, 2.24) is 20.5 Å². The molecule has 0 saturated carbocycles. The SMILES string of the molecule is Cc1nnc2sc(C(=O)NCc3ccc(C(F)(F)F)nc3)c(N)c2c1C. The van der Waals surface area contributed by atoms with Gasteiger partial charge in [-0.2, -0.15) is 18.3 Å². The lowest BCUT2D eigenvalue weighted by Gasteiger charge is -2.07. The van der Waals surface area contributed by atoms with Gasteiger partial charge in [-0.1, -0.05) is 6.07 Å². The van der Waals surface area contributed by atoms with E-state index in [4.69, 9.17) is 5.73 Å². The van der Waals surface area contributed by atoms with Crippen molar-refractivity contribution in [3.63, 3.8) is 0 Å². The lowest BCUT2D eigenvalue weighted by atomic mass is 10.1. The monoisotopic (exact) mass is 381 g/mol. The van der Waals surface area contributed by atoms with Crippen molar-refractivity contribution in [1.29, 1.82) is 0 Å². The van der Waals surface area contributed by atoms with Crippen molar-refractivity contribution in [2.75, 3.05) is 5.73 Å². The van der Waals surface area contributed by atoms with Gasteiger partial charge in [-0.3, -0.25) is 9.78 Å². The average Bonchev–Trinajstić information content (AvgIpc) is 2.93. The molecule has 3 rings (SSSR count). The molecule has 0 aliphatic heterocycles. The summed E-state index contributed by atoms with van der Waals surface area (Å²) in [6.07, 6.45) is -3.42. The van der Waals surface area contributed by atoms with Crippen LogP contribution in [-0.2, 0) is 12.7 Å². The zero-order valence-electron chi connectivity index (χ0n) is 13.8. The highest BCUT2D eigenvalue weighted by molar-refractivity contribution is 7.21. The second-order valence-electron chi connectivity index (χ2n) is 5.67. The van der Waals surface area contributed by atoms with Gasteiger partial charge in [0.1, 0.15) is 15.4 Å². The number of carbonyl (C=O) groups is 1. The number of carbonyl (C=O) groups excluding carboxylic acids is 1. The van der Waals surface area contributed by atoms with Crippen LogP contribution in [0.1, 0.15) is 32.2 Å². The van der Waals surface area contributed by atoms with E-state index < -0.39 is 17.8 Å². The van der Waals surface area contributed by atoms with Gasteiger partial charge in [0.15, 0.2) is 0 Å². The van der Waals surface area contributed by atoms with Gasteiger partial charge in [0.05, 0.1) is 11.4 Å². The minimum absolute atomic E-state index is 0.0291. The number of anilines is 1. The topological polar surface area (TPSA) is 93.8 Å². The molecule has 10 heteroatoms. The summed E-state index contributed by atoms with van der Waals surface area (Å²) in [5.41, 5.74) is 7.46. The fourth-order valence-corrected chi connectivity index (χ4v) is 3.39. The first-order chi connectivity index (χ1) is 12.2. The number of hydrogen-bond donors (Lipinski definition) is 2. The molecule has 0 aliphatic rings. The molecule has 3 N–H and O–H groups in total. The molecule has 0 fully saturated rings. The first-order valence-corrected chi connectivity index (χ1v) is 8.32. The third-order valence-corrected chi connectivity index (χ3v) is 5.00. The predicted molar refractivity (Wildman–Crippen MR) is 91.7 cm³/mol. The molecule has 3 heterocycles. The maximum Gasteiger partial charge on any atom is 0.433 e. The summed E-state index contributed by atoms with van der Waals surface area (Å²) >= 11 is 1.12. The molecular formula is C16H14F3N5OS. The molecule has 0 aromatic carbocycles. The van der Waals surface area contributed by atoms with Gasteiger partial charge in [0, 0.05) is 18.1 Å². The molecular weight excluding hydrogens is 367 g/mol. The standard InChI is InChI=1S/C16H14F3N5OS/c1-7-8(2)23-24-15-11(7)12(20)13(26-15)14(25)22-6-9-3-4-10(21-5-9)16(17,18)19/h3-5H,6,20H2,1-2H3,(H,22,25). The minimum atomic E-state index is -4.50. The van der Waals surface area contributed by atoms with Crippen LogP contribution in [0.5, 0.6) is 0 Å². The number of aryl methyl sites for hydroxylation is 2. The lowest BCUT2D eigenvalue weighted by Crippen LogP contribution is -2.23. The zero-order chi connectivity index (χ0) is 19.1. The van der Waals surface area contributed by atoms with E-state index >= 15 is 0 Å². The van der Waals surface area contributed by atoms with Crippen LogP contribution in [-0.4, -0.2) is 21.1 Å². The maximum absolute atomic E-state index is 12.5. The molecule has 1 amide bonds. The summed E-state index contributed by atoms with van der Waals surface area (Å²) in [4.78, 5) is 16.6. The first kappa shape index (κ1) is 18.1. The van der Waals surface area contributed by atoms with Gasteiger partial charge < -0.3 is 11.1 Å². The van der Waals surface area contributed by atoms with Crippen LogP contribution in [0.15, 0.2) is 18.3 Å². The third-order valence-electron chi connectivity index (χ3n) is 3.91. The summed E-state index contributed by atoms with van der Waals surface area (Å²) < 4.78 is 37.5. The number of nitrogens with zero attached hydrogens (tertiary/aromatic N) is 3. The second kappa shape index (κ2) is 6.52. The summed E-state index contributed by atoms with van der Waals surface area (Å²) in [6, 6.07) is 2.14. The van der Waals surface area contributed by atoms with Gasteiger partial charge in [0.2, 0.25) is 0 Å². The Hall–Kier alpha value is -2.75. The molecule has 0 bridgehead atoms. The number of rotatable bonds is 3. The molecule has 3 aromatic heterocycles. The number of amides is 1. The molecule has 0 atom stereocenters. The Kier molecular flexibility index (Phi) is 4.53. The molecule has 0 spiro atoms. The van der Waals surface area contributed by atoms with Crippen molar-refractivity contribution in [3.05, 3.63) is 45.7 Å². The predicted octanol–water partition coefficient (Wildman–Crippen LogP) is 3.23. The number of alkyl halides is 3. The van der Waals surface area contributed by atoms with E-state index in [9.17, 15) is 18.0 Å². The van der Waals surface area contributed by atoms with Gasteiger partial charge in [-0.25, -0.2) is 0 Å². The summed E-state index contributed by atoms with van der Waals surface area (Å²) in [6.45, 7) is 3.68. The van der Waals surface area contributed by atoms with E-state index in [1.165, 1.54) is 6.07 Å². The number of thiophene rings is 1. The largest absolute Gasteiger partial charge is 0.433 e. The number of fused-ring (bicyclic) bond motifs is 1. The zero-order valence-corrected chi connectivity index (χ0v) is 14.6. The number of halogens is 3. The highest BCUT2D eigenvalue weighted by Crippen LogP contribution is 2.34. The normalized spacial score (nSPS) is 11.7. The fraction of sp³-hybridized carbons (Fsp3) is 0.250. The van der Waals surface area contributed by atoms with Gasteiger partial charge in [-0.15, -0.1) is 16.4 Å². The van der Waals surface area contributed by atoms with Crippen molar-refractivity contribution in [2.24, 2.45) is 0 Å². The van der Waals surface area contributed by atoms with Gasteiger partial charge in [-0.05, 0) is 31.0 Å². The van der Waals surface area contributed by atoms with E-state index in [0.29, 0.717) is 26.3 Å². The fourth-order valence-electron chi connectivity index (χ4n) is 2.37. The molecule has 136 valence electrons. The highest BCUT2D eigenvalue weighted by atomic mass is 32.1. The smallest absolute Gasteiger partial charge is 0.397 e. The number of nitrogen functional groups attached to an aromatic ring is 1. The highest BCUT2D eigenvalue weighted by Gasteiger charge is 2.32. The van der Waals surface area contributed by atoms with E-state index in [-0.39, 0.29) is 6.54 Å². The average molecular weight is 381 g/mol. The van der Waals surface area contributed by atoms with E-state index in [2.05, 4.69) is 20.5 Å². The van der Waals surface area contributed by atoms with Crippen LogP contribution in [0.3, 0.4) is 0 Å². The van der Waals surface area contributed by atoms with E-state index in [1.54, 1.807) is 6.92 Å². The Bertz CT molecular complexity index is 982. The summed E-state index contributed by atoms with van der Waals surface area (Å²) in [7, 11) is 0. The molecule has 0 unspecified atom stereocenters. The molecule has 0 saturated heterocycles. The molecule has 3 aromatic rings. The number of pyridine rings is 1. The van der Waals surface area contributed by atoms with E-state index in [0.717, 1.165) is 34.9 Å². The van der Waals surface area contributed by atoms with Crippen LogP contribution in [0.2, 0.25) is 0 Å². The Labute approximate surface area is 150 Å². The quantitative estimate of drug-likeness (QED) is 0.726. The Balaban J connectivity index is 1.78. The Morgan fingerprint density at radius 1 is 1.27 bits per heavy atom. The van der Waals surface area contributed by atoms with Crippen molar-refractivity contribution >= 4 is 33.1 Å². The Morgan fingerprint density at radius 3 is 2.62 bits per heavy atom. The van der Waals surface area contributed by atoms with Gasteiger partial charge in [0.25, 0.3) is 5.91 Å². The van der Waals surface area contributed by atoms with Crippen LogP contribution >= 0.6 is 11.3 Å². The number of nitrogens with two attached hydrogens (primary N) is 1. The first-order valence-electron chi connectivity index (χ1n) is 7.50. The van der Waals surface area contributed by atoms with Crippen LogP contribution in [0, 0.1) is 13.8 Å². The maximum atomic E-state index is 12.5. The van der Waals surface area contributed by atoms with Crippen LogP contribution < -0.4 is 11.1 Å². The minimum Gasteiger partial charge on any atom is -0.397 e. The number of aromatic nitrogens is 3. The number of hydrogen-bond acceptors (Lipinski definition) is 6. The van der Waals surface area contributed by atoms with E-state index in [1.807, 2.05) is 6.92 Å². The van der Waals surface area contributed by atoms with Gasteiger partial charge >= 0.3 is 6.18 Å². The molecule has 26 heavy (non-hydrogen) atoms. The van der Waals surface area contributed by atoms with Crippen molar-refractivity contribution < 1.29 is 18.0 Å². The molecule has 6 nitrogen and oxygen atoms in total. The lowest BCUT2D eigenvalue weighted by molar-refractivity contribution is -0.141. The summed E-state index contributed by atoms with van der Waals surface area (Å²) in [5.74, 6) is -0.428. The summed E-state index contributed by atoms with van der Waals surface area (Å²) in [5, 5.41) is 11.4. The number of nitrogens with one attached hydrogen (secondary N) is 1.